The van der Waals surface area contributed by atoms with Crippen molar-refractivity contribution in [2.24, 2.45) is 11.8 Å². The molecular weight excluding hydrogens is 398 g/mol. The van der Waals surface area contributed by atoms with Gasteiger partial charge in [0.25, 0.3) is 5.91 Å². The van der Waals surface area contributed by atoms with E-state index >= 15 is 0 Å². The van der Waals surface area contributed by atoms with Crippen molar-refractivity contribution in [1.82, 2.24) is 20.2 Å². The molecule has 5 nitrogen and oxygen atoms in total. The number of likely N-dealkylation sites (tertiary alicyclic amines) is 1. The van der Waals surface area contributed by atoms with E-state index in [-0.39, 0.29) is 12.3 Å². The number of hydrogen-bond donors (Lipinski definition) is 2. The number of amides is 1. The van der Waals surface area contributed by atoms with Gasteiger partial charge in [0.1, 0.15) is 0 Å². The molecule has 7 heteroatoms. The highest BCUT2D eigenvalue weighted by molar-refractivity contribution is 6.00. The Morgan fingerprint density at radius 1 is 1.13 bits per heavy atom. The van der Waals surface area contributed by atoms with E-state index in [1.54, 1.807) is 12.1 Å². The topological polar surface area (TPSA) is 61.0 Å². The maximum absolute atomic E-state index is 13.5. The van der Waals surface area contributed by atoms with Crippen LogP contribution in [0, 0.1) is 25.7 Å². The van der Waals surface area contributed by atoms with Gasteiger partial charge >= 0.3 is 0 Å². The number of aromatic nitrogens is 2. The number of halogens is 2. The van der Waals surface area contributed by atoms with Crippen LogP contribution in [0.1, 0.15) is 27.3 Å². The number of carbonyl (C=O) groups is 1. The summed E-state index contributed by atoms with van der Waals surface area (Å²) in [5.74, 6) is 1.01. The third-order valence-corrected chi connectivity index (χ3v) is 6.56. The van der Waals surface area contributed by atoms with Gasteiger partial charge in [-0.3, -0.25) is 9.78 Å². The molecule has 3 aromatic rings. The van der Waals surface area contributed by atoms with Gasteiger partial charge in [-0.1, -0.05) is 0 Å². The predicted octanol–water partition coefficient (Wildman–Crippen LogP) is 3.95. The lowest BCUT2D eigenvalue weighted by molar-refractivity contribution is 0.0782. The number of pyridine rings is 1. The van der Waals surface area contributed by atoms with Gasteiger partial charge < -0.3 is 15.2 Å². The molecule has 0 radical (unpaired) electrons. The third-order valence-electron chi connectivity index (χ3n) is 6.56. The number of hydrogen-bond acceptors (Lipinski definition) is 3. The molecule has 4 heterocycles. The summed E-state index contributed by atoms with van der Waals surface area (Å²) in [5.41, 5.74) is 5.05. The fraction of sp³-hybridized carbons (Fsp3) is 0.417. The second kappa shape index (κ2) is 7.71. The van der Waals surface area contributed by atoms with Crippen LogP contribution < -0.4 is 5.32 Å². The van der Waals surface area contributed by atoms with Crippen LogP contribution in [-0.4, -0.2) is 53.4 Å². The smallest absolute Gasteiger partial charge is 0.253 e. The van der Waals surface area contributed by atoms with Gasteiger partial charge in [-0.25, -0.2) is 8.78 Å². The molecule has 5 rings (SSSR count). The van der Waals surface area contributed by atoms with Crippen molar-refractivity contribution < 1.29 is 13.6 Å². The molecular formula is C24H26F2N4O. The zero-order valence-corrected chi connectivity index (χ0v) is 17.7. The van der Waals surface area contributed by atoms with Crippen LogP contribution >= 0.6 is 0 Å². The zero-order chi connectivity index (χ0) is 21.7. The summed E-state index contributed by atoms with van der Waals surface area (Å²) in [6.45, 7) is 7.21. The molecule has 2 atom stereocenters. The molecule has 0 bridgehead atoms. The van der Waals surface area contributed by atoms with Crippen molar-refractivity contribution >= 4 is 16.8 Å². The van der Waals surface area contributed by atoms with E-state index in [9.17, 15) is 13.6 Å². The fourth-order valence-corrected chi connectivity index (χ4v) is 5.18. The summed E-state index contributed by atoms with van der Waals surface area (Å²) in [7, 11) is 0. The monoisotopic (exact) mass is 424 g/mol. The number of aryl methyl sites for hydroxylation is 2. The number of H-pyrrole nitrogens is 1. The Balaban J connectivity index is 1.55. The Bertz CT molecular complexity index is 1120. The van der Waals surface area contributed by atoms with E-state index in [1.165, 1.54) is 0 Å². The van der Waals surface area contributed by atoms with Crippen LogP contribution in [0.15, 0.2) is 30.3 Å². The molecule has 0 aliphatic carbocycles. The number of carbonyl (C=O) groups excluding carboxylic acids is 1. The van der Waals surface area contributed by atoms with Crippen molar-refractivity contribution in [2.75, 3.05) is 26.2 Å². The largest absolute Gasteiger partial charge is 0.354 e. The van der Waals surface area contributed by atoms with Crippen LogP contribution in [0.25, 0.3) is 22.2 Å². The molecule has 2 saturated heterocycles. The van der Waals surface area contributed by atoms with Crippen LogP contribution in [0.2, 0.25) is 0 Å². The van der Waals surface area contributed by atoms with E-state index in [2.05, 4.69) is 15.3 Å². The van der Waals surface area contributed by atoms with Gasteiger partial charge in [0.05, 0.1) is 5.69 Å². The molecule has 2 fully saturated rings. The summed E-state index contributed by atoms with van der Waals surface area (Å²) >= 11 is 0. The lowest BCUT2D eigenvalue weighted by Crippen LogP contribution is -2.31. The first-order chi connectivity index (χ1) is 14.9. The Kier molecular flexibility index (Phi) is 5.01. The molecule has 162 valence electrons. The second-order valence-corrected chi connectivity index (χ2v) is 8.86. The molecule has 2 N–H and O–H groups in total. The van der Waals surface area contributed by atoms with E-state index in [0.717, 1.165) is 48.6 Å². The fourth-order valence-electron chi connectivity index (χ4n) is 5.18. The van der Waals surface area contributed by atoms with Gasteiger partial charge in [0.15, 0.2) is 0 Å². The van der Waals surface area contributed by atoms with E-state index < -0.39 is 6.43 Å². The summed E-state index contributed by atoms with van der Waals surface area (Å²) < 4.78 is 27.0. The average molecular weight is 424 g/mol. The quantitative estimate of drug-likeness (QED) is 0.667. The van der Waals surface area contributed by atoms with Crippen molar-refractivity contribution in [3.63, 3.8) is 0 Å². The van der Waals surface area contributed by atoms with Crippen molar-refractivity contribution in [1.29, 1.82) is 0 Å². The van der Waals surface area contributed by atoms with Gasteiger partial charge in [-0.2, -0.15) is 0 Å². The highest BCUT2D eigenvalue weighted by Crippen LogP contribution is 2.34. The average Bonchev–Trinajstić information content (AvgIpc) is 3.39. The highest BCUT2D eigenvalue weighted by atomic mass is 19.3. The van der Waals surface area contributed by atoms with Gasteiger partial charge in [0, 0.05) is 66.0 Å². The minimum absolute atomic E-state index is 0.0161. The van der Waals surface area contributed by atoms with Crippen LogP contribution in [0.5, 0.6) is 0 Å². The Morgan fingerprint density at radius 3 is 2.45 bits per heavy atom. The highest BCUT2D eigenvalue weighted by Gasteiger charge is 2.38. The molecule has 2 aliphatic heterocycles. The molecule has 31 heavy (non-hydrogen) atoms. The Labute approximate surface area is 179 Å². The van der Waals surface area contributed by atoms with E-state index in [1.807, 2.05) is 36.9 Å². The van der Waals surface area contributed by atoms with Crippen LogP contribution in [-0.2, 0) is 6.42 Å². The lowest BCUT2D eigenvalue weighted by Gasteiger charge is -2.17. The number of fused-ring (bicyclic) bond motifs is 2. The second-order valence-electron chi connectivity index (χ2n) is 8.86. The summed E-state index contributed by atoms with van der Waals surface area (Å²) in [4.78, 5) is 22.8. The van der Waals surface area contributed by atoms with E-state index in [0.29, 0.717) is 34.0 Å². The Morgan fingerprint density at radius 2 is 1.81 bits per heavy atom. The number of rotatable bonds is 4. The van der Waals surface area contributed by atoms with Gasteiger partial charge in [0.2, 0.25) is 6.43 Å². The van der Waals surface area contributed by atoms with Crippen molar-refractivity contribution in [3.05, 3.63) is 52.8 Å². The van der Waals surface area contributed by atoms with Crippen molar-refractivity contribution in [2.45, 2.75) is 26.7 Å². The minimum Gasteiger partial charge on any atom is -0.354 e. The number of nitrogens with zero attached hydrogens (tertiary/aromatic N) is 2. The molecule has 1 aromatic carbocycles. The third kappa shape index (κ3) is 3.71. The zero-order valence-electron chi connectivity index (χ0n) is 17.7. The molecule has 2 aromatic heterocycles. The first-order valence-corrected chi connectivity index (χ1v) is 10.8. The van der Waals surface area contributed by atoms with Gasteiger partial charge in [-0.05, 0) is 61.6 Å². The summed E-state index contributed by atoms with van der Waals surface area (Å²) in [5, 5.41) is 4.07. The summed E-state index contributed by atoms with van der Waals surface area (Å²) in [6.07, 6.45) is -2.85. The molecule has 0 saturated carbocycles. The SMILES string of the molecule is Cc1cc(-c2[nH]c3ccc(C(=O)N4CC5CNCC5C4)cc3c2CC(F)F)cc(C)n1. The predicted molar refractivity (Wildman–Crippen MR) is 116 cm³/mol. The maximum Gasteiger partial charge on any atom is 0.253 e. The molecule has 2 unspecified atom stereocenters. The van der Waals surface area contributed by atoms with E-state index in [4.69, 9.17) is 0 Å². The normalized spacial score (nSPS) is 20.7. The van der Waals surface area contributed by atoms with Crippen LogP contribution in [0.4, 0.5) is 8.78 Å². The van der Waals surface area contributed by atoms with Crippen molar-refractivity contribution in [3.8, 4) is 11.3 Å². The Hall–Kier alpha value is -2.80. The number of alkyl halides is 2. The first kappa shape index (κ1) is 20.1. The first-order valence-electron chi connectivity index (χ1n) is 10.8. The molecule has 0 spiro atoms. The standard InChI is InChI=1S/C24H26F2N4O/c1-13-5-16(6-14(2)28-13)23-20(8-22(25)26)19-7-15(3-4-21(19)29-23)24(31)30-11-17-9-27-10-18(17)12-30/h3-7,17-18,22,27,29H,8-12H2,1-2H3. The summed E-state index contributed by atoms with van der Waals surface area (Å²) in [6, 6.07) is 9.21. The number of benzene rings is 1. The van der Waals surface area contributed by atoms with Crippen LogP contribution in [0.3, 0.4) is 0 Å². The maximum atomic E-state index is 13.5. The lowest BCUT2D eigenvalue weighted by atomic mass is 10.0. The molecule has 2 aliphatic rings. The number of aromatic amines is 1. The van der Waals surface area contributed by atoms with Gasteiger partial charge in [-0.15, -0.1) is 0 Å². The number of nitrogens with one attached hydrogen (secondary N) is 2. The minimum atomic E-state index is -2.48. The molecule has 1 amide bonds.